The van der Waals surface area contributed by atoms with Crippen molar-refractivity contribution in [3.63, 3.8) is 0 Å². The van der Waals surface area contributed by atoms with Crippen LogP contribution in [0.5, 0.6) is 11.5 Å². The highest BCUT2D eigenvalue weighted by Gasteiger charge is 1.99. The molecule has 98 valence electrons. The first-order valence-electron chi connectivity index (χ1n) is 6.36. The number of hydrogen-bond donors (Lipinski definition) is 2. The van der Waals surface area contributed by atoms with Crippen LogP contribution in [0.15, 0.2) is 42.5 Å². The number of aromatic hydroxyl groups is 2. The number of hydrogen-bond acceptors (Lipinski definition) is 2. The van der Waals surface area contributed by atoms with Crippen molar-refractivity contribution in [3.8, 4) is 11.5 Å². The zero-order chi connectivity index (χ0) is 13.8. The fraction of sp³-hybridized carbons (Fsp3) is 0.176. The van der Waals surface area contributed by atoms with E-state index in [-0.39, 0.29) is 11.5 Å². The Morgan fingerprint density at radius 2 is 1.37 bits per heavy atom. The van der Waals surface area contributed by atoms with E-state index in [1.54, 1.807) is 6.07 Å². The Morgan fingerprint density at radius 1 is 0.789 bits per heavy atom. The molecule has 19 heavy (non-hydrogen) atoms. The van der Waals surface area contributed by atoms with E-state index in [4.69, 9.17) is 0 Å². The highest BCUT2D eigenvalue weighted by molar-refractivity contribution is 5.70. The number of phenols is 2. The molecule has 0 aliphatic carbocycles. The van der Waals surface area contributed by atoms with Crippen molar-refractivity contribution in [1.82, 2.24) is 0 Å². The van der Waals surface area contributed by atoms with Crippen molar-refractivity contribution in [2.75, 3.05) is 0 Å². The first kappa shape index (κ1) is 13.2. The third kappa shape index (κ3) is 3.38. The Morgan fingerprint density at radius 3 is 1.95 bits per heavy atom. The molecular formula is C17H18O2. The zero-order valence-corrected chi connectivity index (χ0v) is 11.2. The van der Waals surface area contributed by atoms with Gasteiger partial charge >= 0.3 is 0 Å². The Labute approximate surface area is 113 Å². The smallest absolute Gasteiger partial charge is 0.157 e. The predicted molar refractivity (Wildman–Crippen MR) is 79.2 cm³/mol. The van der Waals surface area contributed by atoms with Gasteiger partial charge in [0.1, 0.15) is 0 Å². The molecule has 2 nitrogen and oxygen atoms in total. The van der Waals surface area contributed by atoms with E-state index in [1.165, 1.54) is 17.7 Å². The van der Waals surface area contributed by atoms with E-state index in [2.05, 4.69) is 38.1 Å². The second kappa shape index (κ2) is 5.61. The van der Waals surface area contributed by atoms with Crippen LogP contribution in [0.25, 0.3) is 12.2 Å². The maximum absolute atomic E-state index is 9.41. The summed E-state index contributed by atoms with van der Waals surface area (Å²) in [5.41, 5.74) is 3.28. The van der Waals surface area contributed by atoms with Crippen molar-refractivity contribution >= 4 is 12.2 Å². The van der Waals surface area contributed by atoms with Gasteiger partial charge in [-0.15, -0.1) is 0 Å². The molecule has 2 N–H and O–H groups in total. The number of rotatable bonds is 3. The summed E-state index contributed by atoms with van der Waals surface area (Å²) in [6, 6.07) is 13.2. The minimum atomic E-state index is -0.0997. The van der Waals surface area contributed by atoms with Gasteiger partial charge in [-0.3, -0.25) is 0 Å². The second-order valence-corrected chi connectivity index (χ2v) is 4.90. The fourth-order valence-corrected chi connectivity index (χ4v) is 1.83. The van der Waals surface area contributed by atoms with Gasteiger partial charge in [-0.25, -0.2) is 0 Å². The molecule has 0 aliphatic rings. The fourth-order valence-electron chi connectivity index (χ4n) is 1.83. The summed E-state index contributed by atoms with van der Waals surface area (Å²) in [4.78, 5) is 0. The lowest BCUT2D eigenvalue weighted by molar-refractivity contribution is 0.403. The topological polar surface area (TPSA) is 40.5 Å². The average Bonchev–Trinajstić information content (AvgIpc) is 2.40. The van der Waals surface area contributed by atoms with Gasteiger partial charge in [0, 0.05) is 0 Å². The molecule has 2 heteroatoms. The molecule has 2 aromatic rings. The van der Waals surface area contributed by atoms with E-state index >= 15 is 0 Å². The molecule has 0 spiro atoms. The van der Waals surface area contributed by atoms with Crippen LogP contribution >= 0.6 is 0 Å². The molecule has 2 aromatic carbocycles. The third-order valence-corrected chi connectivity index (χ3v) is 3.07. The molecule has 0 amide bonds. The number of benzene rings is 2. The van der Waals surface area contributed by atoms with Gasteiger partial charge in [-0.2, -0.15) is 0 Å². The normalized spacial score (nSPS) is 11.3. The maximum Gasteiger partial charge on any atom is 0.157 e. The van der Waals surface area contributed by atoms with Crippen molar-refractivity contribution in [2.45, 2.75) is 19.8 Å². The van der Waals surface area contributed by atoms with Gasteiger partial charge < -0.3 is 10.2 Å². The monoisotopic (exact) mass is 254 g/mol. The third-order valence-electron chi connectivity index (χ3n) is 3.07. The Bertz CT molecular complexity index is 581. The van der Waals surface area contributed by atoms with Crippen LogP contribution in [-0.2, 0) is 0 Å². The van der Waals surface area contributed by atoms with Crippen LogP contribution in [0, 0.1) is 0 Å². The molecule has 0 aromatic heterocycles. The van der Waals surface area contributed by atoms with Gasteiger partial charge in [-0.05, 0) is 34.7 Å². The Balaban J connectivity index is 2.15. The minimum Gasteiger partial charge on any atom is -0.504 e. The molecule has 0 radical (unpaired) electrons. The summed E-state index contributed by atoms with van der Waals surface area (Å²) in [6.45, 7) is 4.34. The van der Waals surface area contributed by atoms with E-state index in [1.807, 2.05) is 12.2 Å². The van der Waals surface area contributed by atoms with Crippen LogP contribution in [0.3, 0.4) is 0 Å². The van der Waals surface area contributed by atoms with Crippen LogP contribution < -0.4 is 0 Å². The van der Waals surface area contributed by atoms with Gasteiger partial charge in [0.25, 0.3) is 0 Å². The van der Waals surface area contributed by atoms with Crippen LogP contribution in [0.2, 0.25) is 0 Å². The average molecular weight is 254 g/mol. The zero-order valence-electron chi connectivity index (χ0n) is 11.2. The molecule has 0 saturated heterocycles. The lowest BCUT2D eigenvalue weighted by Crippen LogP contribution is -1.85. The van der Waals surface area contributed by atoms with Gasteiger partial charge in [0.05, 0.1) is 0 Å². The van der Waals surface area contributed by atoms with E-state index in [0.29, 0.717) is 5.92 Å². The summed E-state index contributed by atoms with van der Waals surface area (Å²) in [6.07, 6.45) is 3.89. The number of phenolic OH excluding ortho intramolecular Hbond substituents is 2. The van der Waals surface area contributed by atoms with Crippen molar-refractivity contribution in [1.29, 1.82) is 0 Å². The SMILES string of the molecule is CC(C)c1ccc(/C=C/c2ccc(O)c(O)c2)cc1. The molecule has 0 bridgehead atoms. The van der Waals surface area contributed by atoms with Crippen molar-refractivity contribution in [2.24, 2.45) is 0 Å². The summed E-state index contributed by atoms with van der Waals surface area (Å²) in [7, 11) is 0. The summed E-state index contributed by atoms with van der Waals surface area (Å²) in [5.74, 6) is 0.336. The highest BCUT2D eigenvalue weighted by atomic mass is 16.3. The van der Waals surface area contributed by atoms with Crippen molar-refractivity contribution in [3.05, 3.63) is 59.2 Å². The molecule has 0 heterocycles. The molecule has 0 saturated carbocycles. The van der Waals surface area contributed by atoms with Crippen molar-refractivity contribution < 1.29 is 10.2 Å². The van der Waals surface area contributed by atoms with Crippen LogP contribution in [-0.4, -0.2) is 10.2 Å². The standard InChI is InChI=1S/C17H18O2/c1-12(2)15-8-5-13(6-9-15)3-4-14-7-10-16(18)17(19)11-14/h3-12,18-19H,1-2H3/b4-3+. The molecule has 0 atom stereocenters. The highest BCUT2D eigenvalue weighted by Crippen LogP contribution is 2.25. The van der Waals surface area contributed by atoms with Gasteiger partial charge in [0.15, 0.2) is 11.5 Å². The second-order valence-electron chi connectivity index (χ2n) is 4.90. The maximum atomic E-state index is 9.41. The van der Waals surface area contributed by atoms with Gasteiger partial charge in [0.2, 0.25) is 0 Å². The molecule has 0 fully saturated rings. The quantitative estimate of drug-likeness (QED) is 0.630. The minimum absolute atomic E-state index is 0.0987. The molecule has 2 rings (SSSR count). The summed E-state index contributed by atoms with van der Waals surface area (Å²) in [5, 5.41) is 18.6. The molecule has 0 unspecified atom stereocenters. The van der Waals surface area contributed by atoms with E-state index < -0.39 is 0 Å². The van der Waals surface area contributed by atoms with E-state index in [9.17, 15) is 10.2 Å². The molecule has 0 aliphatic heterocycles. The van der Waals surface area contributed by atoms with Crippen LogP contribution in [0.1, 0.15) is 36.5 Å². The van der Waals surface area contributed by atoms with Gasteiger partial charge in [-0.1, -0.05) is 56.3 Å². The summed E-state index contributed by atoms with van der Waals surface area (Å²) < 4.78 is 0. The Hall–Kier alpha value is -2.22. The molecular weight excluding hydrogens is 236 g/mol. The predicted octanol–water partition coefficient (Wildman–Crippen LogP) is 4.39. The Kier molecular flexibility index (Phi) is 3.91. The largest absolute Gasteiger partial charge is 0.504 e. The lowest BCUT2D eigenvalue weighted by Gasteiger charge is -2.04. The lowest BCUT2D eigenvalue weighted by atomic mass is 10.0. The first-order chi connectivity index (χ1) is 9.06. The van der Waals surface area contributed by atoms with Crippen LogP contribution in [0.4, 0.5) is 0 Å². The van der Waals surface area contributed by atoms with E-state index in [0.717, 1.165) is 11.1 Å². The summed E-state index contributed by atoms with van der Waals surface area (Å²) >= 11 is 0. The first-order valence-corrected chi connectivity index (χ1v) is 6.36.